The molecule has 0 aliphatic heterocycles. The van der Waals surface area contributed by atoms with Gasteiger partial charge >= 0.3 is 6.18 Å². The predicted octanol–water partition coefficient (Wildman–Crippen LogP) is 4.62. The van der Waals surface area contributed by atoms with Gasteiger partial charge in [-0.2, -0.15) is 13.2 Å². The van der Waals surface area contributed by atoms with E-state index in [1.165, 1.54) is 34.9 Å². The Morgan fingerprint density at radius 1 is 1.35 bits per heavy atom. The number of pyridine rings is 1. The number of thioether (sulfide) groups is 2. The summed E-state index contributed by atoms with van der Waals surface area (Å²) in [5.74, 6) is 0.469. The van der Waals surface area contributed by atoms with Crippen molar-refractivity contribution in [1.82, 2.24) is 15.2 Å². The highest BCUT2D eigenvalue weighted by atomic mass is 35.5. The first-order chi connectivity index (χ1) is 9.40. The average Bonchev–Trinajstić information content (AvgIpc) is 2.84. The van der Waals surface area contributed by atoms with Crippen LogP contribution in [0, 0.1) is 0 Å². The molecule has 0 aliphatic carbocycles. The summed E-state index contributed by atoms with van der Waals surface area (Å²) >= 11 is 9.97. The molecule has 0 saturated carbocycles. The molecule has 0 aliphatic rings. The number of alkyl halides is 3. The van der Waals surface area contributed by atoms with Gasteiger partial charge in [0.2, 0.25) is 0 Å². The lowest BCUT2D eigenvalue weighted by Gasteiger charge is -2.08. The van der Waals surface area contributed by atoms with Crippen molar-refractivity contribution in [3.8, 4) is 0 Å². The van der Waals surface area contributed by atoms with E-state index in [4.69, 9.17) is 11.6 Å². The monoisotopic (exact) mass is 357 g/mol. The highest BCUT2D eigenvalue weighted by Crippen LogP contribution is 2.35. The van der Waals surface area contributed by atoms with Gasteiger partial charge in [0, 0.05) is 6.20 Å². The van der Waals surface area contributed by atoms with Crippen LogP contribution in [0.15, 0.2) is 21.6 Å². The van der Waals surface area contributed by atoms with Gasteiger partial charge in [0.05, 0.1) is 16.3 Å². The summed E-state index contributed by atoms with van der Waals surface area (Å²) in [5, 5.41) is 9.00. The van der Waals surface area contributed by atoms with E-state index in [2.05, 4.69) is 15.2 Å². The van der Waals surface area contributed by atoms with Crippen molar-refractivity contribution in [1.29, 1.82) is 0 Å². The van der Waals surface area contributed by atoms with Gasteiger partial charge in [-0.3, -0.25) is 0 Å². The topological polar surface area (TPSA) is 38.7 Å². The SMILES string of the molecule is CSc1nnc(CSc2ncc(C(F)(F)F)cc2Cl)s1. The molecular weight excluding hydrogens is 351 g/mol. The van der Waals surface area contributed by atoms with E-state index < -0.39 is 11.7 Å². The van der Waals surface area contributed by atoms with Gasteiger partial charge in [-0.15, -0.1) is 10.2 Å². The lowest BCUT2D eigenvalue weighted by Crippen LogP contribution is -2.05. The molecule has 10 heteroatoms. The number of aromatic nitrogens is 3. The fraction of sp³-hybridized carbons (Fsp3) is 0.300. The molecule has 2 rings (SSSR count). The van der Waals surface area contributed by atoms with Crippen LogP contribution in [-0.2, 0) is 11.9 Å². The first kappa shape index (κ1) is 15.9. The molecule has 2 aromatic rings. The van der Waals surface area contributed by atoms with Gasteiger partial charge < -0.3 is 0 Å². The standard InChI is InChI=1S/C10H7ClF3N3S3/c1-18-9-17-16-7(20-9)4-19-8-6(11)2-5(3-15-8)10(12,13)14/h2-3H,4H2,1H3. The van der Waals surface area contributed by atoms with E-state index in [-0.39, 0.29) is 5.02 Å². The molecule has 0 saturated heterocycles. The molecule has 0 spiro atoms. The Labute approximate surface area is 130 Å². The molecule has 20 heavy (non-hydrogen) atoms. The highest BCUT2D eigenvalue weighted by Gasteiger charge is 2.31. The van der Waals surface area contributed by atoms with Gasteiger partial charge in [0.1, 0.15) is 10.0 Å². The lowest BCUT2D eigenvalue weighted by molar-refractivity contribution is -0.137. The summed E-state index contributed by atoms with van der Waals surface area (Å²) < 4.78 is 38.2. The van der Waals surface area contributed by atoms with Crippen LogP contribution in [0.3, 0.4) is 0 Å². The Morgan fingerprint density at radius 2 is 2.10 bits per heavy atom. The maximum atomic E-state index is 12.5. The zero-order valence-corrected chi connectivity index (χ0v) is 13.1. The van der Waals surface area contributed by atoms with Crippen LogP contribution < -0.4 is 0 Å². The van der Waals surface area contributed by atoms with E-state index in [0.29, 0.717) is 10.8 Å². The van der Waals surface area contributed by atoms with Gasteiger partial charge in [-0.1, -0.05) is 46.5 Å². The van der Waals surface area contributed by atoms with E-state index >= 15 is 0 Å². The van der Waals surface area contributed by atoms with Crippen molar-refractivity contribution in [3.05, 3.63) is 27.9 Å². The summed E-state index contributed by atoms with van der Waals surface area (Å²) in [7, 11) is 0. The van der Waals surface area contributed by atoms with Gasteiger partial charge in [-0.25, -0.2) is 4.98 Å². The molecule has 0 N–H and O–H groups in total. The number of hydrogen-bond donors (Lipinski definition) is 0. The number of rotatable bonds is 4. The second-order valence-corrected chi connectivity index (χ2v) is 6.95. The zero-order valence-electron chi connectivity index (χ0n) is 9.94. The first-order valence-corrected chi connectivity index (χ1v) is 8.52. The summed E-state index contributed by atoms with van der Waals surface area (Å²) in [6, 6.07) is 0.879. The third-order valence-corrected chi connectivity index (χ3v) is 5.59. The van der Waals surface area contributed by atoms with Crippen LogP contribution in [0.5, 0.6) is 0 Å². The summed E-state index contributed by atoms with van der Waals surface area (Å²) in [4.78, 5) is 3.75. The maximum Gasteiger partial charge on any atom is 0.417 e. The lowest BCUT2D eigenvalue weighted by atomic mass is 10.3. The molecule has 0 aromatic carbocycles. The highest BCUT2D eigenvalue weighted by molar-refractivity contribution is 8.00. The Balaban J connectivity index is 2.06. The van der Waals surface area contributed by atoms with Crippen LogP contribution >= 0.6 is 46.5 Å². The average molecular weight is 358 g/mol. The maximum absolute atomic E-state index is 12.5. The second-order valence-electron chi connectivity index (χ2n) is 3.46. The molecule has 0 atom stereocenters. The summed E-state index contributed by atoms with van der Waals surface area (Å²) in [6.45, 7) is 0. The minimum absolute atomic E-state index is 0.0144. The molecule has 2 aromatic heterocycles. The van der Waals surface area contributed by atoms with Crippen molar-refractivity contribution >= 4 is 46.5 Å². The van der Waals surface area contributed by atoms with Crippen molar-refractivity contribution in [2.45, 2.75) is 21.3 Å². The molecule has 0 unspecified atom stereocenters. The summed E-state index contributed by atoms with van der Waals surface area (Å²) in [5.41, 5.74) is -0.854. The van der Waals surface area contributed by atoms with Gasteiger partial charge in [0.15, 0.2) is 4.34 Å². The number of halogens is 4. The van der Waals surface area contributed by atoms with Crippen molar-refractivity contribution in [2.24, 2.45) is 0 Å². The van der Waals surface area contributed by atoms with Crippen LogP contribution in [0.2, 0.25) is 5.02 Å². The molecule has 0 amide bonds. The minimum Gasteiger partial charge on any atom is -0.248 e. The fourth-order valence-corrected chi connectivity index (χ4v) is 3.69. The molecule has 3 nitrogen and oxygen atoms in total. The third kappa shape index (κ3) is 4.00. The Morgan fingerprint density at radius 3 is 2.65 bits per heavy atom. The summed E-state index contributed by atoms with van der Waals surface area (Å²) in [6.07, 6.45) is -1.76. The fourth-order valence-electron chi connectivity index (χ4n) is 1.20. The quantitative estimate of drug-likeness (QED) is 0.746. The van der Waals surface area contributed by atoms with Crippen molar-refractivity contribution < 1.29 is 13.2 Å². The van der Waals surface area contributed by atoms with Crippen LogP contribution in [0.1, 0.15) is 10.6 Å². The van der Waals surface area contributed by atoms with E-state index in [9.17, 15) is 13.2 Å². The first-order valence-electron chi connectivity index (χ1n) is 5.12. The van der Waals surface area contributed by atoms with E-state index in [0.717, 1.165) is 21.6 Å². The number of hydrogen-bond acceptors (Lipinski definition) is 6. The normalized spacial score (nSPS) is 11.8. The predicted molar refractivity (Wildman–Crippen MR) is 75.5 cm³/mol. The second kappa shape index (κ2) is 6.50. The Hall–Kier alpha value is -0.510. The Bertz CT molecular complexity index is 603. The molecular formula is C10H7ClF3N3S3. The molecule has 0 radical (unpaired) electrons. The zero-order chi connectivity index (χ0) is 14.8. The van der Waals surface area contributed by atoms with Gasteiger partial charge in [0.25, 0.3) is 0 Å². The minimum atomic E-state index is -4.44. The van der Waals surface area contributed by atoms with Crippen LogP contribution in [-0.4, -0.2) is 21.4 Å². The van der Waals surface area contributed by atoms with Gasteiger partial charge in [-0.05, 0) is 12.3 Å². The van der Waals surface area contributed by atoms with E-state index in [1.54, 1.807) is 0 Å². The molecule has 0 fully saturated rings. The van der Waals surface area contributed by atoms with E-state index in [1.807, 2.05) is 6.26 Å². The third-order valence-electron chi connectivity index (χ3n) is 2.09. The number of nitrogens with zero attached hydrogens (tertiary/aromatic N) is 3. The molecule has 108 valence electrons. The smallest absolute Gasteiger partial charge is 0.248 e. The Kier molecular flexibility index (Phi) is 5.16. The van der Waals surface area contributed by atoms with Crippen LogP contribution in [0.4, 0.5) is 13.2 Å². The van der Waals surface area contributed by atoms with Crippen molar-refractivity contribution in [2.75, 3.05) is 6.26 Å². The molecule has 2 heterocycles. The largest absolute Gasteiger partial charge is 0.417 e. The molecule has 0 bridgehead atoms. The van der Waals surface area contributed by atoms with Crippen LogP contribution in [0.25, 0.3) is 0 Å². The van der Waals surface area contributed by atoms with Crippen molar-refractivity contribution in [3.63, 3.8) is 0 Å².